The van der Waals surface area contributed by atoms with Gasteiger partial charge in [-0.1, -0.05) is 54.2 Å². The highest BCUT2D eigenvalue weighted by Crippen LogP contribution is 2.24. The largest absolute Gasteiger partial charge is 0.383 e. The maximum absolute atomic E-state index is 6.08. The van der Waals surface area contributed by atoms with E-state index in [0.717, 1.165) is 34.8 Å². The van der Waals surface area contributed by atoms with Gasteiger partial charge < -0.3 is 10.3 Å². The molecule has 0 aliphatic rings. The first-order valence-corrected chi connectivity index (χ1v) is 9.83. The summed E-state index contributed by atoms with van der Waals surface area (Å²) < 4.78 is 2.14. The quantitative estimate of drug-likeness (QED) is 0.517. The highest BCUT2D eigenvalue weighted by Gasteiger charge is 2.13. The van der Waals surface area contributed by atoms with Crippen molar-refractivity contribution in [3.63, 3.8) is 0 Å². The number of anilines is 1. The Bertz CT molecular complexity index is 1060. The number of thioether (sulfide) groups is 1. The molecule has 2 aromatic heterocycles. The van der Waals surface area contributed by atoms with Gasteiger partial charge in [0, 0.05) is 18.4 Å². The van der Waals surface area contributed by atoms with Crippen LogP contribution in [0.5, 0.6) is 0 Å². The average Bonchev–Trinajstić information content (AvgIpc) is 3.08. The van der Waals surface area contributed by atoms with Crippen LogP contribution in [0, 0.1) is 0 Å². The molecular formula is C20H20N6S. The summed E-state index contributed by atoms with van der Waals surface area (Å²) in [6, 6.07) is 18.1. The molecule has 0 fully saturated rings. The van der Waals surface area contributed by atoms with Crippen LogP contribution in [0.2, 0.25) is 0 Å². The van der Waals surface area contributed by atoms with Crippen molar-refractivity contribution in [1.29, 1.82) is 0 Å². The lowest BCUT2D eigenvalue weighted by Gasteiger charge is -2.08. The van der Waals surface area contributed by atoms with Gasteiger partial charge in [0.05, 0.1) is 11.3 Å². The summed E-state index contributed by atoms with van der Waals surface area (Å²) in [6.45, 7) is 2.92. The van der Waals surface area contributed by atoms with Crippen LogP contribution in [0.25, 0.3) is 10.9 Å². The van der Waals surface area contributed by atoms with Crippen molar-refractivity contribution in [2.24, 2.45) is 0 Å². The van der Waals surface area contributed by atoms with Gasteiger partial charge in [0.25, 0.3) is 0 Å². The Hall–Kier alpha value is -2.93. The first kappa shape index (κ1) is 17.5. The van der Waals surface area contributed by atoms with E-state index in [1.165, 1.54) is 5.56 Å². The molecule has 0 atom stereocenters. The second-order valence-electron chi connectivity index (χ2n) is 6.14. The van der Waals surface area contributed by atoms with Crippen molar-refractivity contribution in [3.8, 4) is 0 Å². The predicted molar refractivity (Wildman–Crippen MR) is 108 cm³/mol. The van der Waals surface area contributed by atoms with E-state index in [4.69, 9.17) is 5.73 Å². The number of para-hydroxylation sites is 1. The third kappa shape index (κ3) is 3.78. The molecule has 0 aliphatic carbocycles. The zero-order chi connectivity index (χ0) is 18.6. The zero-order valence-electron chi connectivity index (χ0n) is 15.0. The van der Waals surface area contributed by atoms with Crippen LogP contribution in [0.1, 0.15) is 24.1 Å². The smallest absolute Gasteiger partial charge is 0.191 e. The summed E-state index contributed by atoms with van der Waals surface area (Å²) in [5.41, 5.74) is 8.17. The lowest BCUT2D eigenvalue weighted by atomic mass is 10.1. The topological polar surface area (TPSA) is 82.5 Å². The van der Waals surface area contributed by atoms with Gasteiger partial charge in [0.1, 0.15) is 17.5 Å². The minimum atomic E-state index is 0.512. The van der Waals surface area contributed by atoms with Crippen LogP contribution in [0.4, 0.5) is 5.82 Å². The number of rotatable bonds is 6. The molecule has 136 valence electrons. The van der Waals surface area contributed by atoms with Crippen LogP contribution in [-0.4, -0.2) is 24.7 Å². The van der Waals surface area contributed by atoms with Gasteiger partial charge in [-0.25, -0.2) is 9.97 Å². The highest BCUT2D eigenvalue weighted by atomic mass is 32.2. The van der Waals surface area contributed by atoms with Crippen molar-refractivity contribution in [3.05, 3.63) is 71.8 Å². The summed E-state index contributed by atoms with van der Waals surface area (Å²) in [6.07, 6.45) is 0.766. The van der Waals surface area contributed by atoms with Crippen LogP contribution >= 0.6 is 11.8 Å². The molecule has 0 radical (unpaired) electrons. The number of nitrogens with two attached hydrogens (primary N) is 1. The lowest BCUT2D eigenvalue weighted by molar-refractivity contribution is 0.651. The highest BCUT2D eigenvalue weighted by molar-refractivity contribution is 7.98. The SMILES string of the molecule is CCn1c(Cc2ccccc2)nnc1SCc1nc(N)c2ccccc2n1. The molecule has 0 aliphatic heterocycles. The number of hydrogen-bond donors (Lipinski definition) is 1. The monoisotopic (exact) mass is 376 g/mol. The van der Waals surface area contributed by atoms with Gasteiger partial charge in [-0.15, -0.1) is 10.2 Å². The van der Waals surface area contributed by atoms with Gasteiger partial charge >= 0.3 is 0 Å². The lowest BCUT2D eigenvalue weighted by Crippen LogP contribution is -2.05. The first-order valence-electron chi connectivity index (χ1n) is 8.84. The molecule has 2 heterocycles. The van der Waals surface area contributed by atoms with Gasteiger partial charge in [0.2, 0.25) is 0 Å². The van der Waals surface area contributed by atoms with E-state index in [-0.39, 0.29) is 0 Å². The van der Waals surface area contributed by atoms with E-state index in [0.29, 0.717) is 17.4 Å². The summed E-state index contributed by atoms with van der Waals surface area (Å²) in [7, 11) is 0. The molecule has 4 aromatic rings. The molecule has 0 unspecified atom stereocenters. The van der Waals surface area contributed by atoms with Gasteiger partial charge in [-0.2, -0.15) is 0 Å². The van der Waals surface area contributed by atoms with E-state index >= 15 is 0 Å². The van der Waals surface area contributed by atoms with Crippen LogP contribution in [0.3, 0.4) is 0 Å². The predicted octanol–water partition coefficient (Wildman–Crippen LogP) is 3.71. The number of fused-ring (bicyclic) bond motifs is 1. The van der Waals surface area contributed by atoms with Crippen molar-refractivity contribution in [2.45, 2.75) is 30.8 Å². The van der Waals surface area contributed by atoms with Crippen molar-refractivity contribution in [1.82, 2.24) is 24.7 Å². The second-order valence-corrected chi connectivity index (χ2v) is 7.08. The third-order valence-corrected chi connectivity index (χ3v) is 5.29. The first-order chi connectivity index (χ1) is 13.2. The van der Waals surface area contributed by atoms with E-state index in [2.05, 4.69) is 43.8 Å². The summed E-state index contributed by atoms with van der Waals surface area (Å²) in [5.74, 6) is 2.77. The number of aromatic nitrogens is 5. The molecule has 4 rings (SSSR count). The summed E-state index contributed by atoms with van der Waals surface area (Å²) in [4.78, 5) is 9.05. The fourth-order valence-electron chi connectivity index (χ4n) is 3.00. The average molecular weight is 376 g/mol. The molecule has 0 saturated carbocycles. The van der Waals surface area contributed by atoms with Gasteiger partial charge in [-0.05, 0) is 24.6 Å². The Labute approximate surface area is 161 Å². The van der Waals surface area contributed by atoms with Crippen LogP contribution in [0.15, 0.2) is 59.8 Å². The molecule has 27 heavy (non-hydrogen) atoms. The van der Waals surface area contributed by atoms with Crippen LogP contribution < -0.4 is 5.73 Å². The molecule has 0 spiro atoms. The minimum absolute atomic E-state index is 0.512. The number of benzene rings is 2. The van der Waals surface area contributed by atoms with E-state index in [1.54, 1.807) is 11.8 Å². The molecule has 0 amide bonds. The maximum Gasteiger partial charge on any atom is 0.191 e. The Morgan fingerprint density at radius 2 is 1.74 bits per heavy atom. The molecule has 2 N–H and O–H groups in total. The van der Waals surface area contributed by atoms with Crippen molar-refractivity contribution in [2.75, 3.05) is 5.73 Å². The summed E-state index contributed by atoms with van der Waals surface area (Å²) >= 11 is 1.58. The third-order valence-electron chi connectivity index (χ3n) is 4.32. The molecule has 7 heteroatoms. The number of nitrogens with zero attached hydrogens (tertiary/aromatic N) is 5. The Morgan fingerprint density at radius 3 is 2.56 bits per heavy atom. The van der Waals surface area contributed by atoms with E-state index in [9.17, 15) is 0 Å². The molecule has 0 bridgehead atoms. The van der Waals surface area contributed by atoms with Crippen LogP contribution in [-0.2, 0) is 18.7 Å². The maximum atomic E-state index is 6.08. The fourth-order valence-corrected chi connectivity index (χ4v) is 3.87. The normalized spacial score (nSPS) is 11.1. The fraction of sp³-hybridized carbons (Fsp3) is 0.200. The molecule has 2 aromatic carbocycles. The second kappa shape index (κ2) is 7.75. The number of nitrogen functional groups attached to an aromatic ring is 1. The number of hydrogen-bond acceptors (Lipinski definition) is 6. The Balaban J connectivity index is 1.53. The van der Waals surface area contributed by atoms with Crippen molar-refractivity contribution >= 4 is 28.5 Å². The molecule has 0 saturated heterocycles. The van der Waals surface area contributed by atoms with Gasteiger partial charge in [0.15, 0.2) is 5.16 Å². The Kier molecular flexibility index (Phi) is 5.02. The summed E-state index contributed by atoms with van der Waals surface area (Å²) in [5, 5.41) is 10.5. The van der Waals surface area contributed by atoms with E-state index in [1.807, 2.05) is 42.5 Å². The standard InChI is InChI=1S/C20H20N6S/c1-2-26-18(12-14-8-4-3-5-9-14)24-25-20(26)27-13-17-22-16-11-7-6-10-15(16)19(21)23-17/h3-11H,2,12-13H2,1H3,(H2,21,22,23). The Morgan fingerprint density at radius 1 is 0.963 bits per heavy atom. The minimum Gasteiger partial charge on any atom is -0.383 e. The van der Waals surface area contributed by atoms with Crippen molar-refractivity contribution < 1.29 is 0 Å². The van der Waals surface area contributed by atoms with Gasteiger partial charge in [-0.3, -0.25) is 0 Å². The zero-order valence-corrected chi connectivity index (χ0v) is 15.9. The molecule has 6 nitrogen and oxygen atoms in total. The molecular weight excluding hydrogens is 356 g/mol. The van der Waals surface area contributed by atoms with E-state index < -0.39 is 0 Å².